The average Bonchev–Trinajstić information content (AvgIpc) is 3.43. The topological polar surface area (TPSA) is 172 Å². The van der Waals surface area contributed by atoms with E-state index in [1.165, 1.54) is 4.57 Å². The summed E-state index contributed by atoms with van der Waals surface area (Å²) >= 11 is 0. The SMILES string of the molecule is COc1cc(-c2cn(C)c(=O)c3cnccc23)cc(OC)c1CN(C)CC(=O)N(C)CCCCCNc1cccc2c1C(=O)N(C1CCC(=O)NC1=O)C2=O. The number of fused-ring (bicyclic) bond motifs is 2. The number of carbonyl (C=O) groups is 5. The fourth-order valence-electron chi connectivity index (χ4n) is 7.18. The third kappa shape index (κ3) is 7.92. The molecule has 15 heteroatoms. The molecule has 0 spiro atoms. The molecule has 2 N–H and O–H groups in total. The van der Waals surface area contributed by atoms with Crippen LogP contribution in [-0.4, -0.2) is 108 Å². The first-order chi connectivity index (χ1) is 26.4. The molecule has 4 aromatic rings. The number of benzene rings is 2. The lowest BCUT2D eigenvalue weighted by atomic mass is 9.99. The van der Waals surface area contributed by atoms with Gasteiger partial charge in [0.05, 0.1) is 42.8 Å². The number of rotatable bonds is 15. The molecule has 0 bridgehead atoms. The molecule has 2 aliphatic heterocycles. The molecule has 4 heterocycles. The van der Waals surface area contributed by atoms with Crippen molar-refractivity contribution in [3.8, 4) is 22.6 Å². The Hall–Kier alpha value is -6.09. The lowest BCUT2D eigenvalue weighted by molar-refractivity contribution is -0.136. The fraction of sp³-hybridized carbons (Fsp3) is 0.375. The molecule has 6 rings (SSSR count). The van der Waals surface area contributed by atoms with Crippen molar-refractivity contribution in [3.63, 3.8) is 0 Å². The highest BCUT2D eigenvalue weighted by molar-refractivity contribution is 6.25. The summed E-state index contributed by atoms with van der Waals surface area (Å²) in [5, 5.41) is 6.76. The van der Waals surface area contributed by atoms with Gasteiger partial charge in [0.1, 0.15) is 17.5 Å². The highest BCUT2D eigenvalue weighted by Crippen LogP contribution is 2.38. The monoisotopic (exact) mass is 751 g/mol. The van der Waals surface area contributed by atoms with Gasteiger partial charge in [-0.25, -0.2) is 0 Å². The van der Waals surface area contributed by atoms with Crippen molar-refractivity contribution in [1.29, 1.82) is 0 Å². The van der Waals surface area contributed by atoms with Gasteiger partial charge in [0, 0.05) is 70.0 Å². The van der Waals surface area contributed by atoms with Gasteiger partial charge in [-0.1, -0.05) is 6.07 Å². The molecule has 1 fully saturated rings. The summed E-state index contributed by atoms with van der Waals surface area (Å²) in [6, 6.07) is 9.60. The first kappa shape index (κ1) is 38.6. The van der Waals surface area contributed by atoms with Crippen LogP contribution in [0.1, 0.15) is 58.4 Å². The summed E-state index contributed by atoms with van der Waals surface area (Å²) in [4.78, 5) is 85.1. The third-order valence-electron chi connectivity index (χ3n) is 10.1. The smallest absolute Gasteiger partial charge is 0.264 e. The number of hydrogen-bond acceptors (Lipinski definition) is 11. The van der Waals surface area contributed by atoms with Crippen LogP contribution in [0.15, 0.2) is 59.8 Å². The van der Waals surface area contributed by atoms with E-state index in [1.807, 2.05) is 30.1 Å². The van der Waals surface area contributed by atoms with E-state index in [1.54, 1.807) is 70.0 Å². The second kappa shape index (κ2) is 16.5. The van der Waals surface area contributed by atoms with Crippen molar-refractivity contribution in [2.75, 3.05) is 53.3 Å². The summed E-state index contributed by atoms with van der Waals surface area (Å²) < 4.78 is 13.1. The molecule has 15 nitrogen and oxygen atoms in total. The number of piperidine rings is 1. The normalized spacial score (nSPS) is 15.4. The predicted octanol–water partition coefficient (Wildman–Crippen LogP) is 3.19. The summed E-state index contributed by atoms with van der Waals surface area (Å²) in [6.07, 6.45) is 7.50. The minimum atomic E-state index is -1.02. The van der Waals surface area contributed by atoms with Gasteiger partial charge in [0.15, 0.2) is 0 Å². The largest absolute Gasteiger partial charge is 0.496 e. The van der Waals surface area contributed by atoms with Crippen LogP contribution in [0.3, 0.4) is 0 Å². The number of methoxy groups -OCH3 is 2. The molecule has 5 amide bonds. The molecule has 0 aliphatic carbocycles. The number of ether oxygens (including phenoxy) is 2. The van der Waals surface area contributed by atoms with E-state index in [2.05, 4.69) is 15.6 Å². The molecule has 288 valence electrons. The Balaban J connectivity index is 0.996. The molecule has 1 saturated heterocycles. The van der Waals surface area contributed by atoms with E-state index < -0.39 is 29.7 Å². The maximum absolute atomic E-state index is 13.3. The van der Waals surface area contributed by atoms with Crippen LogP contribution in [-0.2, 0) is 28.0 Å². The number of amides is 5. The first-order valence-electron chi connectivity index (χ1n) is 18.1. The third-order valence-corrected chi connectivity index (χ3v) is 10.1. The van der Waals surface area contributed by atoms with Crippen LogP contribution < -0.4 is 25.7 Å². The number of pyridine rings is 2. The average molecular weight is 752 g/mol. The minimum Gasteiger partial charge on any atom is -0.496 e. The molecule has 2 aromatic heterocycles. The number of carbonyl (C=O) groups excluding carboxylic acids is 5. The van der Waals surface area contributed by atoms with E-state index in [9.17, 15) is 28.8 Å². The van der Waals surface area contributed by atoms with E-state index in [0.717, 1.165) is 46.2 Å². The van der Waals surface area contributed by atoms with Crippen molar-refractivity contribution in [2.24, 2.45) is 7.05 Å². The number of nitrogens with one attached hydrogen (secondary N) is 2. The fourth-order valence-corrected chi connectivity index (χ4v) is 7.18. The maximum atomic E-state index is 13.3. The number of unbranched alkanes of at least 4 members (excludes halogenated alkanes) is 2. The Morgan fingerprint density at radius 3 is 2.42 bits per heavy atom. The van der Waals surface area contributed by atoms with Crippen molar-refractivity contribution >= 4 is 46.0 Å². The zero-order valence-electron chi connectivity index (χ0n) is 31.6. The van der Waals surface area contributed by atoms with Gasteiger partial charge in [-0.15, -0.1) is 0 Å². The zero-order chi connectivity index (χ0) is 39.4. The lowest BCUT2D eigenvalue weighted by Gasteiger charge is -2.27. The molecular weight excluding hydrogens is 706 g/mol. The second-order valence-electron chi connectivity index (χ2n) is 13.9. The van der Waals surface area contributed by atoms with Crippen LogP contribution in [0.2, 0.25) is 0 Å². The number of nitrogens with zero attached hydrogens (tertiary/aromatic N) is 5. The second-order valence-corrected chi connectivity index (χ2v) is 13.9. The predicted molar refractivity (Wildman–Crippen MR) is 205 cm³/mol. The molecule has 55 heavy (non-hydrogen) atoms. The van der Waals surface area contributed by atoms with Crippen LogP contribution in [0, 0.1) is 0 Å². The van der Waals surface area contributed by atoms with Gasteiger partial charge >= 0.3 is 0 Å². The Kier molecular flexibility index (Phi) is 11.6. The number of aryl methyl sites for hydroxylation is 1. The summed E-state index contributed by atoms with van der Waals surface area (Å²) in [7, 11) is 8.52. The van der Waals surface area contributed by atoms with E-state index >= 15 is 0 Å². The van der Waals surface area contributed by atoms with Gasteiger partial charge in [-0.3, -0.25) is 48.9 Å². The number of anilines is 1. The molecule has 1 atom stereocenters. The number of hydrogen-bond donors (Lipinski definition) is 2. The molecule has 2 aliphatic rings. The van der Waals surface area contributed by atoms with Gasteiger partial charge in [-0.2, -0.15) is 0 Å². The van der Waals surface area contributed by atoms with Crippen LogP contribution in [0.4, 0.5) is 5.69 Å². The van der Waals surface area contributed by atoms with Crippen LogP contribution in [0.25, 0.3) is 21.9 Å². The Labute approximate surface area is 318 Å². The summed E-state index contributed by atoms with van der Waals surface area (Å²) in [5.74, 6) is -1.01. The Morgan fingerprint density at radius 1 is 0.964 bits per heavy atom. The number of imide groups is 2. The highest BCUT2D eigenvalue weighted by Gasteiger charge is 2.45. The molecular formula is C40H45N7O8. The number of likely N-dealkylation sites (N-methyl/N-ethyl adjacent to an activating group) is 2. The van der Waals surface area contributed by atoms with Gasteiger partial charge < -0.3 is 24.3 Å². The van der Waals surface area contributed by atoms with E-state index in [-0.39, 0.29) is 42.0 Å². The Bertz CT molecular complexity index is 2210. The van der Waals surface area contributed by atoms with Crippen LogP contribution in [0.5, 0.6) is 11.5 Å². The highest BCUT2D eigenvalue weighted by atomic mass is 16.5. The van der Waals surface area contributed by atoms with Crippen LogP contribution >= 0.6 is 0 Å². The van der Waals surface area contributed by atoms with Gasteiger partial charge in [-0.05, 0) is 74.0 Å². The standard InChI is InChI=1S/C40H45N7O8/c1-44(21-29-32(54-4)18-24(19-33(29)55-5)28-22-46(3)38(51)27-20-41-16-14-25(27)28)23-35(49)45(2)17-8-6-7-15-42-30-11-9-10-26-36(30)40(53)47(39(26)52)31-12-13-34(48)43-37(31)50/h9-11,14,16,18-20,22,31,42H,6-8,12-13,15,17,21,23H2,1-5H3,(H,43,48,50). The quantitative estimate of drug-likeness (QED) is 0.135. The van der Waals surface area contributed by atoms with Gasteiger partial charge in [0.2, 0.25) is 17.7 Å². The van der Waals surface area contributed by atoms with Crippen molar-refractivity contribution in [3.05, 3.63) is 82.0 Å². The first-order valence-corrected chi connectivity index (χ1v) is 18.1. The van der Waals surface area contributed by atoms with Gasteiger partial charge in [0.25, 0.3) is 17.4 Å². The van der Waals surface area contributed by atoms with E-state index in [4.69, 9.17) is 9.47 Å². The van der Waals surface area contributed by atoms with Crippen molar-refractivity contribution in [2.45, 2.75) is 44.7 Å². The molecule has 1 unspecified atom stereocenters. The van der Waals surface area contributed by atoms with E-state index in [0.29, 0.717) is 42.2 Å². The lowest BCUT2D eigenvalue weighted by Crippen LogP contribution is -2.54. The van der Waals surface area contributed by atoms with Crippen molar-refractivity contribution in [1.82, 2.24) is 29.6 Å². The summed E-state index contributed by atoms with van der Waals surface area (Å²) in [6.45, 7) is 1.66. The Morgan fingerprint density at radius 2 is 1.71 bits per heavy atom. The molecule has 0 saturated carbocycles. The zero-order valence-corrected chi connectivity index (χ0v) is 31.6. The number of aromatic nitrogens is 2. The van der Waals surface area contributed by atoms with Crippen molar-refractivity contribution < 1.29 is 33.4 Å². The minimum absolute atomic E-state index is 0.0379. The molecule has 0 radical (unpaired) electrons. The molecule has 2 aromatic carbocycles. The maximum Gasteiger partial charge on any atom is 0.264 e. The summed E-state index contributed by atoms with van der Waals surface area (Å²) in [5.41, 5.74) is 3.27.